The van der Waals surface area contributed by atoms with Crippen molar-refractivity contribution in [3.63, 3.8) is 0 Å². The molecule has 0 aliphatic rings. The van der Waals surface area contributed by atoms with Crippen molar-refractivity contribution in [1.82, 2.24) is 9.55 Å². The molecule has 0 spiro atoms. The van der Waals surface area contributed by atoms with Crippen molar-refractivity contribution in [2.75, 3.05) is 0 Å². The Morgan fingerprint density at radius 3 is 2.12 bits per heavy atom. The zero-order valence-corrected chi connectivity index (χ0v) is 15.2. The van der Waals surface area contributed by atoms with Crippen LogP contribution in [-0.4, -0.2) is 9.55 Å². The van der Waals surface area contributed by atoms with Crippen LogP contribution in [0, 0.1) is 20.8 Å². The standard InChI is InChI=1S/C23H20N2O/c1-15-13-16(2)21(17(3)14-15)25-22(18-9-5-4-6-10-18)24-20-12-8-7-11-19(20)23(25)26/h4-14H,1-3H3. The van der Waals surface area contributed by atoms with Crippen molar-refractivity contribution in [2.45, 2.75) is 20.8 Å². The molecule has 4 rings (SSSR count). The Labute approximate surface area is 152 Å². The molecule has 4 aromatic rings. The van der Waals surface area contributed by atoms with E-state index in [4.69, 9.17) is 4.98 Å². The molecule has 0 radical (unpaired) electrons. The number of para-hydroxylation sites is 1. The van der Waals surface area contributed by atoms with E-state index in [1.165, 1.54) is 5.56 Å². The predicted molar refractivity (Wildman–Crippen MR) is 107 cm³/mol. The maximum Gasteiger partial charge on any atom is 0.266 e. The third-order valence-electron chi connectivity index (χ3n) is 4.67. The number of aromatic nitrogens is 2. The van der Waals surface area contributed by atoms with E-state index in [1.807, 2.05) is 68.4 Å². The van der Waals surface area contributed by atoms with Gasteiger partial charge in [0.2, 0.25) is 0 Å². The minimum absolute atomic E-state index is 0.0375. The fourth-order valence-electron chi connectivity index (χ4n) is 3.65. The highest BCUT2D eigenvalue weighted by molar-refractivity contribution is 5.80. The monoisotopic (exact) mass is 340 g/mol. The molecule has 0 atom stereocenters. The highest BCUT2D eigenvalue weighted by Gasteiger charge is 2.17. The second-order valence-electron chi connectivity index (χ2n) is 6.71. The van der Waals surface area contributed by atoms with E-state index in [0.717, 1.165) is 27.9 Å². The molecule has 0 N–H and O–H groups in total. The topological polar surface area (TPSA) is 34.9 Å². The number of fused-ring (bicyclic) bond motifs is 1. The molecule has 3 heteroatoms. The summed E-state index contributed by atoms with van der Waals surface area (Å²) in [6.07, 6.45) is 0. The molecule has 0 amide bonds. The van der Waals surface area contributed by atoms with Crippen LogP contribution in [-0.2, 0) is 0 Å². The van der Waals surface area contributed by atoms with Crippen molar-refractivity contribution in [3.8, 4) is 17.1 Å². The van der Waals surface area contributed by atoms with Gasteiger partial charge in [0.1, 0.15) is 5.82 Å². The lowest BCUT2D eigenvalue weighted by Crippen LogP contribution is -2.23. The lowest BCUT2D eigenvalue weighted by Gasteiger charge is -2.18. The normalized spacial score (nSPS) is 11.0. The quantitative estimate of drug-likeness (QED) is 0.516. The van der Waals surface area contributed by atoms with Crippen molar-refractivity contribution < 1.29 is 0 Å². The lowest BCUT2D eigenvalue weighted by molar-refractivity contribution is 0.952. The van der Waals surface area contributed by atoms with Crippen LogP contribution >= 0.6 is 0 Å². The summed E-state index contributed by atoms with van der Waals surface area (Å²) in [5.74, 6) is 0.671. The van der Waals surface area contributed by atoms with Crippen LogP contribution in [0.25, 0.3) is 28.0 Å². The first-order valence-electron chi connectivity index (χ1n) is 8.71. The fourth-order valence-corrected chi connectivity index (χ4v) is 3.65. The Kier molecular flexibility index (Phi) is 3.92. The van der Waals surface area contributed by atoms with Gasteiger partial charge in [-0.2, -0.15) is 0 Å². The molecule has 3 nitrogen and oxygen atoms in total. The zero-order chi connectivity index (χ0) is 18.3. The first kappa shape index (κ1) is 16.3. The molecule has 0 unspecified atom stereocenters. The third-order valence-corrected chi connectivity index (χ3v) is 4.67. The molecular formula is C23H20N2O. The van der Waals surface area contributed by atoms with Crippen LogP contribution in [0.1, 0.15) is 16.7 Å². The van der Waals surface area contributed by atoms with Crippen LogP contribution < -0.4 is 5.56 Å². The zero-order valence-electron chi connectivity index (χ0n) is 15.2. The smallest absolute Gasteiger partial charge is 0.266 e. The molecule has 0 saturated heterocycles. The van der Waals surface area contributed by atoms with Gasteiger partial charge in [0.15, 0.2) is 0 Å². The highest BCUT2D eigenvalue weighted by Crippen LogP contribution is 2.26. The van der Waals surface area contributed by atoms with Gasteiger partial charge in [0, 0.05) is 5.56 Å². The molecule has 26 heavy (non-hydrogen) atoms. The number of nitrogens with zero attached hydrogens (tertiary/aromatic N) is 2. The molecular weight excluding hydrogens is 320 g/mol. The predicted octanol–water partition coefficient (Wildman–Crippen LogP) is 4.98. The van der Waals surface area contributed by atoms with Gasteiger partial charge in [-0.05, 0) is 44.0 Å². The molecule has 1 heterocycles. The number of benzene rings is 3. The summed E-state index contributed by atoms with van der Waals surface area (Å²) in [6, 6.07) is 21.6. The second-order valence-corrected chi connectivity index (χ2v) is 6.71. The Morgan fingerprint density at radius 1 is 0.808 bits per heavy atom. The number of hydrogen-bond donors (Lipinski definition) is 0. The van der Waals surface area contributed by atoms with Crippen LogP contribution in [0.5, 0.6) is 0 Å². The Balaban J connectivity index is 2.18. The van der Waals surface area contributed by atoms with Crippen LogP contribution in [0.15, 0.2) is 71.5 Å². The average Bonchev–Trinajstić information content (AvgIpc) is 2.63. The minimum Gasteiger partial charge on any atom is -0.268 e. The summed E-state index contributed by atoms with van der Waals surface area (Å²) < 4.78 is 1.77. The van der Waals surface area contributed by atoms with E-state index in [9.17, 15) is 4.79 Å². The van der Waals surface area contributed by atoms with Crippen molar-refractivity contribution in [3.05, 3.63) is 93.8 Å². The Bertz CT molecular complexity index is 1150. The molecule has 0 bridgehead atoms. The van der Waals surface area contributed by atoms with Gasteiger partial charge in [0.25, 0.3) is 5.56 Å². The van der Waals surface area contributed by atoms with Crippen LogP contribution in [0.2, 0.25) is 0 Å². The van der Waals surface area contributed by atoms with Gasteiger partial charge in [-0.1, -0.05) is 60.2 Å². The summed E-state index contributed by atoms with van der Waals surface area (Å²) in [5.41, 5.74) is 5.84. The fraction of sp³-hybridized carbons (Fsp3) is 0.130. The van der Waals surface area contributed by atoms with Gasteiger partial charge in [-0.3, -0.25) is 9.36 Å². The van der Waals surface area contributed by atoms with E-state index >= 15 is 0 Å². The molecule has 0 aliphatic heterocycles. The van der Waals surface area contributed by atoms with Crippen LogP contribution in [0.4, 0.5) is 0 Å². The summed E-state index contributed by atoms with van der Waals surface area (Å²) in [5, 5.41) is 0.631. The number of aryl methyl sites for hydroxylation is 3. The first-order valence-corrected chi connectivity index (χ1v) is 8.71. The Morgan fingerprint density at radius 2 is 1.42 bits per heavy atom. The van der Waals surface area contributed by atoms with Gasteiger partial charge in [0.05, 0.1) is 16.6 Å². The molecule has 0 saturated carbocycles. The summed E-state index contributed by atoms with van der Waals surface area (Å²) in [6.45, 7) is 6.17. The van der Waals surface area contributed by atoms with E-state index in [1.54, 1.807) is 4.57 Å². The van der Waals surface area contributed by atoms with Gasteiger partial charge >= 0.3 is 0 Å². The molecule has 0 aliphatic carbocycles. The van der Waals surface area contributed by atoms with Crippen molar-refractivity contribution >= 4 is 10.9 Å². The van der Waals surface area contributed by atoms with Gasteiger partial charge in [-0.15, -0.1) is 0 Å². The maximum atomic E-state index is 13.4. The molecule has 0 fully saturated rings. The molecule has 1 aromatic heterocycles. The van der Waals surface area contributed by atoms with E-state index in [-0.39, 0.29) is 5.56 Å². The van der Waals surface area contributed by atoms with E-state index < -0.39 is 0 Å². The number of rotatable bonds is 2. The number of hydrogen-bond acceptors (Lipinski definition) is 2. The van der Waals surface area contributed by atoms with E-state index in [0.29, 0.717) is 11.2 Å². The SMILES string of the molecule is Cc1cc(C)c(-n2c(-c3ccccc3)nc3ccccc3c2=O)c(C)c1. The van der Waals surface area contributed by atoms with E-state index in [2.05, 4.69) is 19.1 Å². The largest absolute Gasteiger partial charge is 0.268 e. The summed E-state index contributed by atoms with van der Waals surface area (Å²) in [4.78, 5) is 18.3. The van der Waals surface area contributed by atoms with Gasteiger partial charge < -0.3 is 0 Å². The maximum absolute atomic E-state index is 13.4. The van der Waals surface area contributed by atoms with Gasteiger partial charge in [-0.25, -0.2) is 4.98 Å². The highest BCUT2D eigenvalue weighted by atomic mass is 16.1. The lowest BCUT2D eigenvalue weighted by atomic mass is 10.0. The summed E-state index contributed by atoms with van der Waals surface area (Å²) in [7, 11) is 0. The minimum atomic E-state index is -0.0375. The molecule has 128 valence electrons. The van der Waals surface area contributed by atoms with Crippen molar-refractivity contribution in [1.29, 1.82) is 0 Å². The Hall–Kier alpha value is -3.20. The molecule has 3 aromatic carbocycles. The average molecular weight is 340 g/mol. The first-order chi connectivity index (χ1) is 12.6. The summed E-state index contributed by atoms with van der Waals surface area (Å²) >= 11 is 0. The van der Waals surface area contributed by atoms with Crippen LogP contribution in [0.3, 0.4) is 0 Å². The third kappa shape index (κ3) is 2.62. The van der Waals surface area contributed by atoms with Crippen molar-refractivity contribution in [2.24, 2.45) is 0 Å². The second kappa shape index (κ2) is 6.26.